The number of carbonyl (C=O) groups is 2. The third kappa shape index (κ3) is 4.23. The number of methoxy groups -OCH3 is 1. The first-order valence-corrected chi connectivity index (χ1v) is 13.0. The smallest absolute Gasteiger partial charge is 0.341 e. The molecule has 0 radical (unpaired) electrons. The van der Waals surface area contributed by atoms with Gasteiger partial charge in [-0.1, -0.05) is 91.0 Å². The molecule has 0 atom stereocenters. The first-order valence-electron chi connectivity index (χ1n) is 12.2. The molecule has 0 aliphatic rings. The van der Waals surface area contributed by atoms with Crippen molar-refractivity contribution >= 4 is 55.3 Å². The lowest BCUT2D eigenvalue weighted by Gasteiger charge is -2.12. The molecule has 38 heavy (non-hydrogen) atoms. The molecule has 0 spiro atoms. The van der Waals surface area contributed by atoms with Crippen molar-refractivity contribution in [2.24, 2.45) is 0 Å². The zero-order valence-electron chi connectivity index (χ0n) is 20.6. The minimum atomic E-state index is -0.500. The molecule has 4 nitrogen and oxygen atoms in total. The standard InChI is InChI=1S/C33H23NO3S/c1-37-33(36)29-28(26-18-10-15-24-19-22-13-8-9-14-23(22)20-27(24)26)31(30(35)21-11-4-2-5-12-21)38-32(29)34-25-16-6-3-7-17-25/h2-20,34H,1H3. The van der Waals surface area contributed by atoms with E-state index in [2.05, 4.69) is 35.6 Å². The van der Waals surface area contributed by atoms with Crippen LogP contribution in [-0.2, 0) is 4.74 Å². The lowest BCUT2D eigenvalue weighted by atomic mass is 9.92. The van der Waals surface area contributed by atoms with Gasteiger partial charge in [-0.25, -0.2) is 4.79 Å². The molecule has 1 N–H and O–H groups in total. The van der Waals surface area contributed by atoms with E-state index in [1.54, 1.807) is 12.1 Å². The van der Waals surface area contributed by atoms with Crippen LogP contribution in [0.1, 0.15) is 25.6 Å². The average Bonchev–Trinajstić information content (AvgIpc) is 3.34. The van der Waals surface area contributed by atoms with Gasteiger partial charge in [0, 0.05) is 16.8 Å². The van der Waals surface area contributed by atoms with Crippen LogP contribution >= 0.6 is 11.3 Å². The Bertz CT molecular complexity index is 1810. The summed E-state index contributed by atoms with van der Waals surface area (Å²) >= 11 is 1.27. The van der Waals surface area contributed by atoms with Gasteiger partial charge in [-0.15, -0.1) is 11.3 Å². The van der Waals surface area contributed by atoms with Gasteiger partial charge in [0.1, 0.15) is 10.6 Å². The van der Waals surface area contributed by atoms with E-state index in [9.17, 15) is 9.59 Å². The first-order chi connectivity index (χ1) is 18.6. The number of benzene rings is 5. The molecule has 1 aromatic heterocycles. The predicted molar refractivity (Wildman–Crippen MR) is 156 cm³/mol. The number of ketones is 1. The molecule has 6 rings (SSSR count). The molecule has 5 heteroatoms. The lowest BCUT2D eigenvalue weighted by Crippen LogP contribution is -2.07. The van der Waals surface area contributed by atoms with Gasteiger partial charge in [-0.3, -0.25) is 4.79 Å². The molecule has 0 unspecified atom stereocenters. The number of esters is 1. The van der Waals surface area contributed by atoms with Crippen molar-refractivity contribution in [1.82, 2.24) is 0 Å². The summed E-state index contributed by atoms with van der Waals surface area (Å²) < 4.78 is 5.27. The number of anilines is 2. The number of ether oxygens (including phenoxy) is 1. The van der Waals surface area contributed by atoms with Crippen LogP contribution in [0.15, 0.2) is 115 Å². The van der Waals surface area contributed by atoms with Gasteiger partial charge in [0.05, 0.1) is 12.0 Å². The van der Waals surface area contributed by atoms with Crippen LogP contribution in [0.3, 0.4) is 0 Å². The molecule has 5 aromatic carbocycles. The topological polar surface area (TPSA) is 55.4 Å². The number of fused-ring (bicyclic) bond motifs is 2. The monoisotopic (exact) mass is 513 g/mol. The van der Waals surface area contributed by atoms with E-state index in [0.29, 0.717) is 26.6 Å². The fourth-order valence-electron chi connectivity index (χ4n) is 4.79. The van der Waals surface area contributed by atoms with Gasteiger partial charge in [-0.2, -0.15) is 0 Å². The molecule has 0 amide bonds. The van der Waals surface area contributed by atoms with Gasteiger partial charge >= 0.3 is 5.97 Å². The van der Waals surface area contributed by atoms with E-state index in [1.165, 1.54) is 18.4 Å². The summed E-state index contributed by atoms with van der Waals surface area (Å²) in [6.07, 6.45) is 0. The number of rotatable bonds is 6. The molecule has 0 fully saturated rings. The van der Waals surface area contributed by atoms with E-state index in [4.69, 9.17) is 4.74 Å². The summed E-state index contributed by atoms with van der Waals surface area (Å²) in [6, 6.07) is 37.2. The number of carbonyl (C=O) groups excluding carboxylic acids is 2. The van der Waals surface area contributed by atoms with Crippen LogP contribution in [0, 0.1) is 0 Å². The van der Waals surface area contributed by atoms with Gasteiger partial charge < -0.3 is 10.1 Å². The van der Waals surface area contributed by atoms with E-state index in [1.807, 2.05) is 72.8 Å². The lowest BCUT2D eigenvalue weighted by molar-refractivity contribution is 0.0603. The maximum atomic E-state index is 13.9. The third-order valence-electron chi connectivity index (χ3n) is 6.59. The molecular formula is C33H23NO3S. The van der Waals surface area contributed by atoms with Crippen molar-refractivity contribution < 1.29 is 14.3 Å². The Kier molecular flexibility index (Phi) is 6.20. The second-order valence-electron chi connectivity index (χ2n) is 8.91. The van der Waals surface area contributed by atoms with E-state index < -0.39 is 5.97 Å². The van der Waals surface area contributed by atoms with Crippen LogP contribution in [0.2, 0.25) is 0 Å². The Labute approximate surface area is 224 Å². The second kappa shape index (κ2) is 9.96. The fourth-order valence-corrected chi connectivity index (χ4v) is 5.98. The van der Waals surface area contributed by atoms with Gasteiger partial charge in [0.15, 0.2) is 0 Å². The van der Waals surface area contributed by atoms with E-state index in [-0.39, 0.29) is 5.78 Å². The molecule has 6 aromatic rings. The first kappa shape index (κ1) is 23.6. The van der Waals surface area contributed by atoms with E-state index in [0.717, 1.165) is 32.8 Å². The molecule has 0 bridgehead atoms. The average molecular weight is 514 g/mol. The zero-order valence-corrected chi connectivity index (χ0v) is 21.4. The van der Waals surface area contributed by atoms with Crippen LogP contribution in [-0.4, -0.2) is 18.9 Å². The Balaban J connectivity index is 1.67. The molecule has 184 valence electrons. The largest absolute Gasteiger partial charge is 0.465 e. The molecular weight excluding hydrogens is 490 g/mol. The van der Waals surface area contributed by atoms with Gasteiger partial charge in [-0.05, 0) is 51.4 Å². The van der Waals surface area contributed by atoms with Crippen LogP contribution in [0.4, 0.5) is 10.7 Å². The summed E-state index contributed by atoms with van der Waals surface area (Å²) in [4.78, 5) is 27.8. The summed E-state index contributed by atoms with van der Waals surface area (Å²) in [7, 11) is 1.37. The van der Waals surface area contributed by atoms with Gasteiger partial charge in [0.25, 0.3) is 0 Å². The minimum absolute atomic E-state index is 0.144. The number of hydrogen-bond donors (Lipinski definition) is 1. The quantitative estimate of drug-likeness (QED) is 0.138. The summed E-state index contributed by atoms with van der Waals surface area (Å²) in [5.41, 5.74) is 3.11. The maximum Gasteiger partial charge on any atom is 0.341 e. The van der Waals surface area contributed by atoms with Crippen LogP contribution in [0.5, 0.6) is 0 Å². The summed E-state index contributed by atoms with van der Waals surface area (Å²) in [6.45, 7) is 0. The molecule has 0 aliphatic carbocycles. The normalized spacial score (nSPS) is 11.0. The number of thiophene rings is 1. The third-order valence-corrected chi connectivity index (χ3v) is 7.69. The summed E-state index contributed by atoms with van der Waals surface area (Å²) in [5.74, 6) is -0.644. The highest BCUT2D eigenvalue weighted by atomic mass is 32.1. The number of para-hydroxylation sites is 1. The highest BCUT2D eigenvalue weighted by molar-refractivity contribution is 7.19. The molecule has 1 heterocycles. The van der Waals surface area contributed by atoms with Gasteiger partial charge in [0.2, 0.25) is 5.78 Å². The highest BCUT2D eigenvalue weighted by Crippen LogP contribution is 2.45. The van der Waals surface area contributed by atoms with Crippen molar-refractivity contribution in [2.75, 3.05) is 12.4 Å². The van der Waals surface area contributed by atoms with Crippen LogP contribution < -0.4 is 5.32 Å². The Hall–Kier alpha value is -4.74. The molecule has 0 aliphatic heterocycles. The summed E-state index contributed by atoms with van der Waals surface area (Å²) in [5, 5.41) is 8.13. The Morgan fingerprint density at radius 2 is 1.34 bits per heavy atom. The van der Waals surface area contributed by atoms with Crippen molar-refractivity contribution in [3.05, 3.63) is 131 Å². The minimum Gasteiger partial charge on any atom is -0.465 e. The van der Waals surface area contributed by atoms with Crippen molar-refractivity contribution in [1.29, 1.82) is 0 Å². The SMILES string of the molecule is COC(=O)c1c(Nc2ccccc2)sc(C(=O)c2ccccc2)c1-c1cccc2cc3ccccc3cc12. The Morgan fingerprint density at radius 1 is 0.711 bits per heavy atom. The fraction of sp³-hybridized carbons (Fsp3) is 0.0303. The van der Waals surface area contributed by atoms with Crippen molar-refractivity contribution in [2.45, 2.75) is 0 Å². The van der Waals surface area contributed by atoms with Crippen LogP contribution in [0.25, 0.3) is 32.7 Å². The van der Waals surface area contributed by atoms with Crippen molar-refractivity contribution in [3.8, 4) is 11.1 Å². The number of nitrogens with one attached hydrogen (secondary N) is 1. The van der Waals surface area contributed by atoms with E-state index >= 15 is 0 Å². The Morgan fingerprint density at radius 3 is 2.05 bits per heavy atom. The van der Waals surface area contributed by atoms with Crippen molar-refractivity contribution in [3.63, 3.8) is 0 Å². The zero-order chi connectivity index (χ0) is 26.1. The number of hydrogen-bond acceptors (Lipinski definition) is 5. The molecule has 0 saturated heterocycles. The second-order valence-corrected chi connectivity index (χ2v) is 9.93. The molecule has 0 saturated carbocycles. The predicted octanol–water partition coefficient (Wildman–Crippen LogP) is 8.48. The maximum absolute atomic E-state index is 13.9. The highest BCUT2D eigenvalue weighted by Gasteiger charge is 2.30.